The molecule has 3 heteroatoms. The fraction of sp³-hybridized carbons (Fsp3) is 0.438. The van der Waals surface area contributed by atoms with Gasteiger partial charge < -0.3 is 5.32 Å². The maximum atomic E-state index is 4.36. The van der Waals surface area contributed by atoms with Gasteiger partial charge in [-0.1, -0.05) is 25.1 Å². The second-order valence-corrected chi connectivity index (χ2v) is 5.14. The minimum absolute atomic E-state index is 0.220. The van der Waals surface area contributed by atoms with E-state index in [1.807, 2.05) is 17.9 Å². The Kier molecular flexibility index (Phi) is 4.05. The van der Waals surface area contributed by atoms with E-state index >= 15 is 0 Å². The number of aromatic nitrogens is 2. The molecule has 1 heterocycles. The first-order valence-corrected chi connectivity index (χ1v) is 6.83. The van der Waals surface area contributed by atoms with Gasteiger partial charge in [-0.15, -0.1) is 0 Å². The van der Waals surface area contributed by atoms with E-state index in [1.54, 1.807) is 0 Å². The summed E-state index contributed by atoms with van der Waals surface area (Å²) in [6.07, 6.45) is 1.97. The second-order valence-electron chi connectivity index (χ2n) is 5.14. The molecule has 0 amide bonds. The van der Waals surface area contributed by atoms with Gasteiger partial charge in [-0.3, -0.25) is 4.68 Å². The molecule has 0 aliphatic carbocycles. The highest BCUT2D eigenvalue weighted by molar-refractivity contribution is 5.37. The average molecular weight is 257 g/mol. The number of nitrogens with one attached hydrogen (secondary N) is 1. The van der Waals surface area contributed by atoms with Gasteiger partial charge >= 0.3 is 0 Å². The highest BCUT2D eigenvalue weighted by Gasteiger charge is 2.18. The fourth-order valence-electron chi connectivity index (χ4n) is 2.35. The van der Waals surface area contributed by atoms with Crippen LogP contribution in [-0.4, -0.2) is 16.3 Å². The molecule has 0 radical (unpaired) electrons. The Hall–Kier alpha value is -1.61. The van der Waals surface area contributed by atoms with Crippen LogP contribution in [0.1, 0.15) is 40.9 Å². The van der Waals surface area contributed by atoms with Crippen molar-refractivity contribution >= 4 is 0 Å². The summed E-state index contributed by atoms with van der Waals surface area (Å²) in [5.41, 5.74) is 6.45. The molecule has 0 saturated heterocycles. The molecule has 102 valence electrons. The zero-order valence-corrected chi connectivity index (χ0v) is 12.5. The minimum Gasteiger partial charge on any atom is -0.306 e. The zero-order chi connectivity index (χ0) is 14.0. The monoisotopic (exact) mass is 257 g/mol. The van der Waals surface area contributed by atoms with Crippen LogP contribution in [0.4, 0.5) is 0 Å². The van der Waals surface area contributed by atoms with Gasteiger partial charge in [-0.2, -0.15) is 5.10 Å². The summed E-state index contributed by atoms with van der Waals surface area (Å²) in [7, 11) is 1.99. The van der Waals surface area contributed by atoms with Crippen LogP contribution in [0.3, 0.4) is 0 Å². The first kappa shape index (κ1) is 13.8. The van der Waals surface area contributed by atoms with Crippen molar-refractivity contribution < 1.29 is 0 Å². The Morgan fingerprint density at radius 1 is 1.21 bits per heavy atom. The van der Waals surface area contributed by atoms with E-state index < -0.39 is 0 Å². The van der Waals surface area contributed by atoms with Gasteiger partial charge in [0.05, 0.1) is 12.2 Å². The van der Waals surface area contributed by atoms with Crippen molar-refractivity contribution in [2.45, 2.75) is 33.7 Å². The van der Waals surface area contributed by atoms with Crippen molar-refractivity contribution in [1.29, 1.82) is 0 Å². The smallest absolute Gasteiger partial charge is 0.0610 e. The lowest BCUT2D eigenvalue weighted by molar-refractivity contribution is 0.624. The maximum Gasteiger partial charge on any atom is 0.0610 e. The topological polar surface area (TPSA) is 29.9 Å². The van der Waals surface area contributed by atoms with Crippen molar-refractivity contribution in [3.63, 3.8) is 0 Å². The Labute approximate surface area is 115 Å². The molecular formula is C16H23N3. The van der Waals surface area contributed by atoms with E-state index in [4.69, 9.17) is 0 Å². The van der Waals surface area contributed by atoms with E-state index in [9.17, 15) is 0 Å². The second kappa shape index (κ2) is 5.57. The van der Waals surface area contributed by atoms with Crippen LogP contribution in [-0.2, 0) is 7.05 Å². The zero-order valence-electron chi connectivity index (χ0n) is 12.5. The molecule has 1 aromatic carbocycles. The molecule has 0 aliphatic heterocycles. The molecule has 1 unspecified atom stereocenters. The molecule has 1 atom stereocenters. The van der Waals surface area contributed by atoms with E-state index in [0.717, 1.165) is 6.54 Å². The number of benzene rings is 1. The highest BCUT2D eigenvalue weighted by atomic mass is 15.3. The third-order valence-electron chi connectivity index (χ3n) is 3.86. The van der Waals surface area contributed by atoms with Gasteiger partial charge in [0.2, 0.25) is 0 Å². The summed E-state index contributed by atoms with van der Waals surface area (Å²) < 4.78 is 1.93. The Morgan fingerprint density at radius 3 is 2.47 bits per heavy atom. The molecule has 1 N–H and O–H groups in total. The third-order valence-corrected chi connectivity index (χ3v) is 3.86. The van der Waals surface area contributed by atoms with E-state index in [0.29, 0.717) is 0 Å². The van der Waals surface area contributed by atoms with Crippen LogP contribution in [0.5, 0.6) is 0 Å². The predicted octanol–water partition coefficient (Wildman–Crippen LogP) is 3.04. The summed E-state index contributed by atoms with van der Waals surface area (Å²) in [6.45, 7) is 9.51. The maximum absolute atomic E-state index is 4.36. The normalized spacial score (nSPS) is 12.7. The van der Waals surface area contributed by atoms with Crippen molar-refractivity contribution in [1.82, 2.24) is 15.1 Å². The lowest BCUT2D eigenvalue weighted by Crippen LogP contribution is -2.22. The van der Waals surface area contributed by atoms with Gasteiger partial charge in [0.1, 0.15) is 0 Å². The van der Waals surface area contributed by atoms with Crippen LogP contribution in [0.15, 0.2) is 24.4 Å². The van der Waals surface area contributed by atoms with E-state index in [1.165, 1.54) is 27.9 Å². The number of nitrogens with zero attached hydrogens (tertiary/aromatic N) is 2. The summed E-state index contributed by atoms with van der Waals surface area (Å²) in [5.74, 6) is 0. The standard InChI is InChI=1S/C16H23N3/c1-6-17-16(15-10-18-19(5)13(15)4)14-8-7-11(2)12(3)9-14/h7-10,16-17H,6H2,1-5H3. The van der Waals surface area contributed by atoms with E-state index in [-0.39, 0.29) is 6.04 Å². The van der Waals surface area contributed by atoms with Crippen LogP contribution in [0.2, 0.25) is 0 Å². The summed E-state index contributed by atoms with van der Waals surface area (Å²) >= 11 is 0. The molecule has 19 heavy (non-hydrogen) atoms. The molecule has 0 bridgehead atoms. The highest BCUT2D eigenvalue weighted by Crippen LogP contribution is 2.26. The van der Waals surface area contributed by atoms with Gasteiger partial charge in [-0.25, -0.2) is 0 Å². The predicted molar refractivity (Wildman–Crippen MR) is 79.4 cm³/mol. The van der Waals surface area contributed by atoms with Crippen LogP contribution < -0.4 is 5.32 Å². The van der Waals surface area contributed by atoms with Crippen molar-refractivity contribution in [2.24, 2.45) is 7.05 Å². The Bertz CT molecular complexity index is 569. The number of hydrogen-bond donors (Lipinski definition) is 1. The van der Waals surface area contributed by atoms with Crippen LogP contribution >= 0.6 is 0 Å². The van der Waals surface area contributed by atoms with Gasteiger partial charge in [-0.05, 0) is 44.0 Å². The number of hydrogen-bond acceptors (Lipinski definition) is 2. The molecular weight excluding hydrogens is 234 g/mol. The first-order valence-electron chi connectivity index (χ1n) is 6.83. The summed E-state index contributed by atoms with van der Waals surface area (Å²) in [5, 5.41) is 7.92. The van der Waals surface area contributed by atoms with Gasteiger partial charge in [0.25, 0.3) is 0 Å². The van der Waals surface area contributed by atoms with Crippen molar-refractivity contribution in [2.75, 3.05) is 6.54 Å². The molecule has 2 aromatic rings. The molecule has 3 nitrogen and oxygen atoms in total. The summed E-state index contributed by atoms with van der Waals surface area (Å²) in [6, 6.07) is 6.90. The number of rotatable bonds is 4. The van der Waals surface area contributed by atoms with Crippen molar-refractivity contribution in [3.05, 3.63) is 52.3 Å². The van der Waals surface area contributed by atoms with Crippen molar-refractivity contribution in [3.8, 4) is 0 Å². The van der Waals surface area contributed by atoms with Crippen LogP contribution in [0.25, 0.3) is 0 Å². The SMILES string of the molecule is CCNC(c1ccc(C)c(C)c1)c1cnn(C)c1C. The molecule has 0 spiro atoms. The van der Waals surface area contributed by atoms with Gasteiger partial charge in [0, 0.05) is 18.3 Å². The summed E-state index contributed by atoms with van der Waals surface area (Å²) in [4.78, 5) is 0. The fourth-order valence-corrected chi connectivity index (χ4v) is 2.35. The molecule has 2 rings (SSSR count). The molecule has 1 aromatic heterocycles. The lowest BCUT2D eigenvalue weighted by Gasteiger charge is -2.19. The Balaban J connectivity index is 2.45. The first-order chi connectivity index (χ1) is 9.04. The lowest BCUT2D eigenvalue weighted by atomic mass is 9.96. The Morgan fingerprint density at radius 2 is 1.95 bits per heavy atom. The average Bonchev–Trinajstić information content (AvgIpc) is 2.71. The van der Waals surface area contributed by atoms with Crippen LogP contribution in [0, 0.1) is 20.8 Å². The number of aryl methyl sites for hydroxylation is 3. The molecule has 0 aliphatic rings. The molecule has 0 fully saturated rings. The van der Waals surface area contributed by atoms with Gasteiger partial charge in [0.15, 0.2) is 0 Å². The minimum atomic E-state index is 0.220. The molecule has 0 saturated carbocycles. The van der Waals surface area contributed by atoms with E-state index in [2.05, 4.69) is 56.3 Å². The largest absolute Gasteiger partial charge is 0.306 e. The quantitative estimate of drug-likeness (QED) is 0.912. The third kappa shape index (κ3) is 2.71.